The number of hydrogen-bond acceptors (Lipinski definition) is 5. The Morgan fingerprint density at radius 1 is 1.17 bits per heavy atom. The molecule has 1 saturated heterocycles. The molecule has 154 valence electrons. The molecule has 0 spiro atoms. The molecule has 2 aliphatic heterocycles. The number of ether oxygens (including phenoxy) is 2. The Labute approximate surface area is 173 Å². The molecular formula is C23H21N2O5-. The van der Waals surface area contributed by atoms with E-state index in [0.29, 0.717) is 17.2 Å². The van der Waals surface area contributed by atoms with Crippen LogP contribution in [0, 0.1) is 0 Å². The monoisotopic (exact) mass is 405 g/mol. The molecule has 2 atom stereocenters. The van der Waals surface area contributed by atoms with Gasteiger partial charge in [-0.1, -0.05) is 30.3 Å². The number of rotatable bonds is 4. The molecule has 2 aromatic carbocycles. The van der Waals surface area contributed by atoms with Crippen LogP contribution in [0.4, 0.5) is 0 Å². The molecule has 0 aliphatic carbocycles. The summed E-state index contributed by atoms with van der Waals surface area (Å²) in [6, 6.07) is 13.3. The van der Waals surface area contributed by atoms with Crippen molar-refractivity contribution in [3.05, 3.63) is 59.3 Å². The summed E-state index contributed by atoms with van der Waals surface area (Å²) in [6.07, 6.45) is 0.362. The van der Waals surface area contributed by atoms with Crippen molar-refractivity contribution >= 4 is 22.8 Å². The highest BCUT2D eigenvalue weighted by atomic mass is 16.5. The van der Waals surface area contributed by atoms with Crippen molar-refractivity contribution in [3.8, 4) is 11.5 Å². The first-order chi connectivity index (χ1) is 14.5. The minimum atomic E-state index is -1.48. The van der Waals surface area contributed by atoms with Gasteiger partial charge in [-0.15, -0.1) is 0 Å². The van der Waals surface area contributed by atoms with Crippen molar-refractivity contribution in [3.63, 3.8) is 0 Å². The molecule has 7 heteroatoms. The minimum absolute atomic E-state index is 0.171. The topological polar surface area (TPSA) is 94.7 Å². The number of hydrogen-bond donors (Lipinski definition) is 1. The van der Waals surface area contributed by atoms with Crippen molar-refractivity contribution in [2.45, 2.75) is 24.3 Å². The van der Waals surface area contributed by atoms with Crippen molar-refractivity contribution in [1.29, 1.82) is 0 Å². The van der Waals surface area contributed by atoms with E-state index in [1.165, 1.54) is 4.90 Å². The first-order valence-corrected chi connectivity index (χ1v) is 9.86. The highest BCUT2D eigenvalue weighted by Gasteiger charge is 2.55. The molecule has 7 nitrogen and oxygen atoms in total. The number of aromatic nitrogens is 1. The number of fused-ring (bicyclic) bond motifs is 5. The second-order valence-corrected chi connectivity index (χ2v) is 7.75. The summed E-state index contributed by atoms with van der Waals surface area (Å²) in [5, 5.41) is 13.4. The van der Waals surface area contributed by atoms with Gasteiger partial charge in [0.15, 0.2) is 11.5 Å². The summed E-state index contributed by atoms with van der Waals surface area (Å²) < 4.78 is 11.1. The number of nitrogens with zero attached hydrogens (tertiary/aromatic N) is 1. The molecule has 5 rings (SSSR count). The molecule has 1 N–H and O–H groups in total. The Morgan fingerprint density at radius 3 is 2.70 bits per heavy atom. The fourth-order valence-corrected chi connectivity index (χ4v) is 5.17. The fraction of sp³-hybridized carbons (Fsp3) is 0.304. The van der Waals surface area contributed by atoms with Crippen LogP contribution in [0.1, 0.15) is 35.6 Å². The lowest BCUT2D eigenvalue weighted by Crippen LogP contribution is -2.59. The van der Waals surface area contributed by atoms with Crippen molar-refractivity contribution < 1.29 is 24.2 Å². The van der Waals surface area contributed by atoms with Gasteiger partial charge in [0, 0.05) is 35.3 Å². The third-order valence-electron chi connectivity index (χ3n) is 6.48. The number of nitrogens with one attached hydrogen (secondary N) is 1. The van der Waals surface area contributed by atoms with E-state index in [9.17, 15) is 14.7 Å². The maximum Gasteiger partial charge on any atom is 0.223 e. The first kappa shape index (κ1) is 18.5. The number of carbonyl (C=O) groups excluding carboxylic acids is 2. The molecule has 0 radical (unpaired) electrons. The van der Waals surface area contributed by atoms with Crippen LogP contribution in [0.2, 0.25) is 0 Å². The predicted octanol–water partition coefficient (Wildman–Crippen LogP) is 1.90. The SMILES string of the molecule is COc1cccc([C@@H]2CN3C(=O)CC[C@]3(C(=O)[O-])c3[nH]c4ccccc4c32)c1OC. The van der Waals surface area contributed by atoms with E-state index in [2.05, 4.69) is 4.98 Å². The van der Waals surface area contributed by atoms with Gasteiger partial charge in [-0.05, 0) is 24.1 Å². The van der Waals surface area contributed by atoms with Crippen LogP contribution in [0.3, 0.4) is 0 Å². The van der Waals surface area contributed by atoms with Crippen molar-refractivity contribution in [2.75, 3.05) is 20.8 Å². The van der Waals surface area contributed by atoms with Gasteiger partial charge in [0.05, 0.1) is 25.9 Å². The van der Waals surface area contributed by atoms with E-state index < -0.39 is 11.5 Å². The molecule has 1 aromatic heterocycles. The summed E-state index contributed by atoms with van der Waals surface area (Å²) in [4.78, 5) is 30.0. The third kappa shape index (κ3) is 2.26. The van der Waals surface area contributed by atoms with Crippen molar-refractivity contribution in [1.82, 2.24) is 9.88 Å². The standard InChI is InChI=1S/C23H22N2O5/c1-29-17-9-5-7-13(20(17)30-2)15-12-25-18(26)10-11-23(25,22(27)28)21-19(15)14-6-3-4-8-16(14)24-21/h3-9,15,24H,10-12H2,1-2H3,(H,27,28)/p-1/t15-,23+/m0/s1. The van der Waals surface area contributed by atoms with Crippen LogP contribution in [-0.2, 0) is 15.1 Å². The molecule has 0 saturated carbocycles. The zero-order valence-electron chi connectivity index (χ0n) is 16.7. The number of aromatic amines is 1. The Morgan fingerprint density at radius 2 is 1.97 bits per heavy atom. The Hall–Kier alpha value is -3.48. The van der Waals surface area contributed by atoms with Gasteiger partial charge in [0.2, 0.25) is 5.91 Å². The summed E-state index contributed by atoms with van der Waals surface area (Å²) in [7, 11) is 3.15. The van der Waals surface area contributed by atoms with Gasteiger partial charge in [0.25, 0.3) is 0 Å². The maximum absolute atomic E-state index is 12.8. The van der Waals surface area contributed by atoms with Crippen LogP contribution < -0.4 is 14.6 Å². The number of amides is 1. The number of aliphatic carboxylic acids is 1. The van der Waals surface area contributed by atoms with E-state index in [0.717, 1.165) is 22.0 Å². The summed E-state index contributed by atoms with van der Waals surface area (Å²) in [5.74, 6) is -0.557. The number of benzene rings is 2. The van der Waals surface area contributed by atoms with Crippen LogP contribution in [-0.4, -0.2) is 42.5 Å². The molecule has 30 heavy (non-hydrogen) atoms. The fourth-order valence-electron chi connectivity index (χ4n) is 5.17. The lowest BCUT2D eigenvalue weighted by atomic mass is 9.77. The highest BCUT2D eigenvalue weighted by molar-refractivity contribution is 5.96. The van der Waals surface area contributed by atoms with Gasteiger partial charge in [-0.25, -0.2) is 0 Å². The smallest absolute Gasteiger partial charge is 0.223 e. The van der Waals surface area contributed by atoms with Gasteiger partial charge in [-0.3, -0.25) is 4.79 Å². The first-order valence-electron chi connectivity index (χ1n) is 9.86. The van der Waals surface area contributed by atoms with Crippen LogP contribution in [0.25, 0.3) is 10.9 Å². The molecule has 1 amide bonds. The van der Waals surface area contributed by atoms with E-state index in [4.69, 9.17) is 9.47 Å². The Bertz CT molecular complexity index is 1180. The molecule has 2 aliphatic rings. The minimum Gasteiger partial charge on any atom is -0.547 e. The van der Waals surface area contributed by atoms with E-state index >= 15 is 0 Å². The second kappa shape index (κ2) is 6.52. The van der Waals surface area contributed by atoms with Crippen LogP contribution >= 0.6 is 0 Å². The normalized spacial score (nSPS) is 22.7. The number of para-hydroxylation sites is 2. The summed E-state index contributed by atoms with van der Waals surface area (Å²) >= 11 is 0. The van der Waals surface area contributed by atoms with Gasteiger partial charge < -0.3 is 29.3 Å². The largest absolute Gasteiger partial charge is 0.547 e. The molecular weight excluding hydrogens is 384 g/mol. The summed E-state index contributed by atoms with van der Waals surface area (Å²) in [5.41, 5.74) is 1.59. The maximum atomic E-state index is 12.8. The number of H-pyrrole nitrogens is 1. The Kier molecular flexibility index (Phi) is 4.03. The average Bonchev–Trinajstić information content (AvgIpc) is 3.31. The number of carboxylic acid groups (broad SMARTS) is 1. The highest BCUT2D eigenvalue weighted by Crippen LogP contribution is 2.52. The van der Waals surface area contributed by atoms with Crippen LogP contribution in [0.15, 0.2) is 42.5 Å². The molecule has 0 unspecified atom stereocenters. The van der Waals surface area contributed by atoms with E-state index in [-0.39, 0.29) is 31.2 Å². The van der Waals surface area contributed by atoms with Gasteiger partial charge in [0.1, 0.15) is 5.54 Å². The quantitative estimate of drug-likeness (QED) is 0.715. The number of carbonyl (C=O) groups is 2. The number of carboxylic acids is 1. The predicted molar refractivity (Wildman–Crippen MR) is 107 cm³/mol. The number of methoxy groups -OCH3 is 2. The van der Waals surface area contributed by atoms with Crippen LogP contribution in [0.5, 0.6) is 11.5 Å². The van der Waals surface area contributed by atoms with Crippen molar-refractivity contribution in [2.24, 2.45) is 0 Å². The summed E-state index contributed by atoms with van der Waals surface area (Å²) in [6.45, 7) is 0.227. The molecule has 0 bridgehead atoms. The average molecular weight is 405 g/mol. The third-order valence-corrected chi connectivity index (χ3v) is 6.48. The lowest BCUT2D eigenvalue weighted by Gasteiger charge is -2.46. The lowest BCUT2D eigenvalue weighted by molar-refractivity contribution is -0.319. The van der Waals surface area contributed by atoms with E-state index in [1.807, 2.05) is 42.5 Å². The van der Waals surface area contributed by atoms with Gasteiger partial charge >= 0.3 is 0 Å². The van der Waals surface area contributed by atoms with Gasteiger partial charge in [-0.2, -0.15) is 0 Å². The molecule has 3 heterocycles. The zero-order chi connectivity index (χ0) is 21.0. The molecule has 1 fully saturated rings. The molecule has 3 aromatic rings. The Balaban J connectivity index is 1.84. The zero-order valence-corrected chi connectivity index (χ0v) is 16.7. The van der Waals surface area contributed by atoms with E-state index in [1.54, 1.807) is 14.2 Å². The second-order valence-electron chi connectivity index (χ2n) is 7.75.